The number of halogens is 1. The van der Waals surface area contributed by atoms with Crippen LogP contribution >= 0.6 is 15.9 Å². The SMILES string of the molecule is CC1CCC(N(C)S(=O)(=O)c2cc(CN)oc2Br)CC1. The fourth-order valence-corrected chi connectivity index (χ4v) is 5.01. The number of nitrogens with two attached hydrogens (primary N) is 1. The Bertz CT molecular complexity index is 562. The van der Waals surface area contributed by atoms with Crippen molar-refractivity contribution in [1.82, 2.24) is 4.31 Å². The van der Waals surface area contributed by atoms with Gasteiger partial charge in [-0.05, 0) is 47.5 Å². The van der Waals surface area contributed by atoms with E-state index in [1.165, 1.54) is 10.4 Å². The van der Waals surface area contributed by atoms with Gasteiger partial charge in [0.1, 0.15) is 10.7 Å². The standard InChI is InChI=1S/C13H21BrN2O3S/c1-9-3-5-10(6-4-9)16(2)20(17,18)12-7-11(8-15)19-13(12)14/h7,9-10H,3-6,8,15H2,1-2H3. The van der Waals surface area contributed by atoms with E-state index in [0.717, 1.165) is 25.7 Å². The molecule has 1 saturated carbocycles. The fourth-order valence-electron chi connectivity index (χ4n) is 2.63. The average molecular weight is 365 g/mol. The van der Waals surface area contributed by atoms with E-state index in [2.05, 4.69) is 22.9 Å². The Morgan fingerprint density at radius 2 is 2.00 bits per heavy atom. The molecule has 1 aromatic heterocycles. The maximum absolute atomic E-state index is 12.7. The lowest BCUT2D eigenvalue weighted by atomic mass is 9.87. The van der Waals surface area contributed by atoms with E-state index in [1.54, 1.807) is 7.05 Å². The Morgan fingerprint density at radius 3 is 2.50 bits per heavy atom. The maximum Gasteiger partial charge on any atom is 0.247 e. The molecule has 1 fully saturated rings. The zero-order valence-electron chi connectivity index (χ0n) is 11.8. The molecule has 7 heteroatoms. The van der Waals surface area contributed by atoms with Crippen LogP contribution in [0.5, 0.6) is 0 Å². The molecule has 2 rings (SSSR count). The second-order valence-electron chi connectivity index (χ2n) is 5.49. The molecule has 20 heavy (non-hydrogen) atoms. The number of hydrogen-bond acceptors (Lipinski definition) is 4. The number of hydrogen-bond donors (Lipinski definition) is 1. The van der Waals surface area contributed by atoms with Crippen LogP contribution < -0.4 is 5.73 Å². The highest BCUT2D eigenvalue weighted by Gasteiger charge is 2.33. The predicted octanol–water partition coefficient (Wildman–Crippen LogP) is 2.70. The monoisotopic (exact) mass is 364 g/mol. The lowest BCUT2D eigenvalue weighted by molar-refractivity contribution is 0.246. The molecular weight excluding hydrogens is 344 g/mol. The average Bonchev–Trinajstić information content (AvgIpc) is 2.81. The summed E-state index contributed by atoms with van der Waals surface area (Å²) in [6.45, 7) is 2.39. The third kappa shape index (κ3) is 3.10. The van der Waals surface area contributed by atoms with Gasteiger partial charge in [0, 0.05) is 19.2 Å². The molecule has 0 radical (unpaired) electrons. The van der Waals surface area contributed by atoms with E-state index in [1.807, 2.05) is 0 Å². The molecule has 1 aromatic rings. The number of nitrogens with zero attached hydrogens (tertiary/aromatic N) is 1. The van der Waals surface area contributed by atoms with Crippen molar-refractivity contribution in [2.75, 3.05) is 7.05 Å². The first-order valence-corrected chi connectivity index (χ1v) is 9.06. The van der Waals surface area contributed by atoms with Gasteiger partial charge >= 0.3 is 0 Å². The molecular formula is C13H21BrN2O3S. The molecule has 0 amide bonds. The van der Waals surface area contributed by atoms with Gasteiger partial charge in [0.05, 0.1) is 6.54 Å². The summed E-state index contributed by atoms with van der Waals surface area (Å²) < 4.78 is 32.3. The summed E-state index contributed by atoms with van der Waals surface area (Å²) in [7, 11) is -1.89. The Labute approximate surface area is 128 Å². The van der Waals surface area contributed by atoms with Gasteiger partial charge in [-0.1, -0.05) is 6.92 Å². The van der Waals surface area contributed by atoms with Crippen molar-refractivity contribution in [2.24, 2.45) is 11.7 Å². The quantitative estimate of drug-likeness (QED) is 0.890. The van der Waals surface area contributed by atoms with Crippen molar-refractivity contribution >= 4 is 26.0 Å². The molecule has 0 aromatic carbocycles. The van der Waals surface area contributed by atoms with Crippen LogP contribution in [0.3, 0.4) is 0 Å². The molecule has 2 N–H and O–H groups in total. The van der Waals surface area contributed by atoms with Crippen LogP contribution in [0.25, 0.3) is 0 Å². The van der Waals surface area contributed by atoms with Crippen molar-refractivity contribution in [1.29, 1.82) is 0 Å². The molecule has 0 atom stereocenters. The van der Waals surface area contributed by atoms with Gasteiger partial charge in [0.2, 0.25) is 10.0 Å². The molecule has 0 bridgehead atoms. The van der Waals surface area contributed by atoms with E-state index in [4.69, 9.17) is 10.2 Å². The molecule has 0 unspecified atom stereocenters. The maximum atomic E-state index is 12.7. The first kappa shape index (κ1) is 16.0. The second kappa shape index (κ2) is 6.17. The Hall–Kier alpha value is -0.370. The highest BCUT2D eigenvalue weighted by atomic mass is 79.9. The molecule has 1 aliphatic carbocycles. The molecule has 114 valence electrons. The molecule has 5 nitrogen and oxygen atoms in total. The van der Waals surface area contributed by atoms with Crippen molar-refractivity contribution in [3.05, 3.63) is 16.5 Å². The summed E-state index contributed by atoms with van der Waals surface area (Å²) in [4.78, 5) is 0.166. The van der Waals surface area contributed by atoms with Crippen LogP contribution in [0.15, 0.2) is 20.0 Å². The van der Waals surface area contributed by atoms with Gasteiger partial charge in [-0.2, -0.15) is 4.31 Å². The molecule has 0 aliphatic heterocycles. The van der Waals surface area contributed by atoms with Crippen LogP contribution in [0.1, 0.15) is 38.4 Å². The van der Waals surface area contributed by atoms with Gasteiger partial charge in [-0.15, -0.1) is 0 Å². The molecule has 0 saturated heterocycles. The van der Waals surface area contributed by atoms with Crippen molar-refractivity contribution in [3.8, 4) is 0 Å². The van der Waals surface area contributed by atoms with E-state index in [0.29, 0.717) is 11.7 Å². The summed E-state index contributed by atoms with van der Waals surface area (Å²) in [6.07, 6.45) is 3.97. The third-order valence-electron chi connectivity index (χ3n) is 4.06. The summed E-state index contributed by atoms with van der Waals surface area (Å²) in [5.41, 5.74) is 5.49. The van der Waals surface area contributed by atoms with E-state index >= 15 is 0 Å². The zero-order valence-corrected chi connectivity index (χ0v) is 14.2. The second-order valence-corrected chi connectivity index (χ2v) is 8.18. The van der Waals surface area contributed by atoms with Gasteiger partial charge in [0.25, 0.3) is 0 Å². The lowest BCUT2D eigenvalue weighted by Gasteiger charge is -2.32. The fraction of sp³-hybridized carbons (Fsp3) is 0.692. The zero-order chi connectivity index (χ0) is 14.9. The summed E-state index contributed by atoms with van der Waals surface area (Å²) in [6, 6.07) is 1.57. The largest absolute Gasteiger partial charge is 0.452 e. The first-order valence-electron chi connectivity index (χ1n) is 6.82. The van der Waals surface area contributed by atoms with Gasteiger partial charge in [0.15, 0.2) is 4.67 Å². The Morgan fingerprint density at radius 1 is 1.40 bits per heavy atom. The minimum absolute atomic E-state index is 0.0688. The smallest absolute Gasteiger partial charge is 0.247 e. The van der Waals surface area contributed by atoms with Crippen LogP contribution in [-0.4, -0.2) is 25.8 Å². The number of rotatable bonds is 4. The van der Waals surface area contributed by atoms with Crippen LogP contribution in [0.2, 0.25) is 0 Å². The predicted molar refractivity (Wildman–Crippen MR) is 80.7 cm³/mol. The Kier molecular flexibility index (Phi) is 4.94. The first-order chi connectivity index (χ1) is 9.36. The molecule has 1 heterocycles. The Balaban J connectivity index is 2.22. The lowest BCUT2D eigenvalue weighted by Crippen LogP contribution is -2.39. The minimum Gasteiger partial charge on any atom is -0.452 e. The van der Waals surface area contributed by atoms with Gasteiger partial charge in [-0.25, -0.2) is 8.42 Å². The van der Waals surface area contributed by atoms with Gasteiger partial charge in [-0.3, -0.25) is 0 Å². The number of sulfonamides is 1. The van der Waals surface area contributed by atoms with Crippen molar-refractivity contribution in [2.45, 2.75) is 50.1 Å². The third-order valence-corrected chi connectivity index (χ3v) is 6.83. The van der Waals surface area contributed by atoms with Crippen molar-refractivity contribution < 1.29 is 12.8 Å². The van der Waals surface area contributed by atoms with Gasteiger partial charge < -0.3 is 10.2 Å². The van der Waals surface area contributed by atoms with Crippen molar-refractivity contribution in [3.63, 3.8) is 0 Å². The van der Waals surface area contributed by atoms with E-state index < -0.39 is 10.0 Å². The van der Waals surface area contributed by atoms with Crippen LogP contribution in [0, 0.1) is 5.92 Å². The van der Waals surface area contributed by atoms with E-state index in [9.17, 15) is 8.42 Å². The molecule has 1 aliphatic rings. The number of furan rings is 1. The summed E-state index contributed by atoms with van der Waals surface area (Å²) >= 11 is 3.17. The topological polar surface area (TPSA) is 76.5 Å². The van der Waals surface area contributed by atoms with Crippen LogP contribution in [0.4, 0.5) is 0 Å². The van der Waals surface area contributed by atoms with E-state index in [-0.39, 0.29) is 22.2 Å². The summed E-state index contributed by atoms with van der Waals surface area (Å²) in [5.74, 6) is 1.15. The molecule has 0 spiro atoms. The minimum atomic E-state index is -3.54. The van der Waals surface area contributed by atoms with Crippen LogP contribution in [-0.2, 0) is 16.6 Å². The highest BCUT2D eigenvalue weighted by Crippen LogP contribution is 2.33. The highest BCUT2D eigenvalue weighted by molar-refractivity contribution is 9.10. The summed E-state index contributed by atoms with van der Waals surface area (Å²) in [5, 5.41) is 0. The normalized spacial score (nSPS) is 24.2.